The molecule has 53 heavy (non-hydrogen) atoms. The van der Waals surface area contributed by atoms with Crippen molar-refractivity contribution in [2.75, 3.05) is 41.2 Å². The van der Waals surface area contributed by atoms with E-state index in [1.54, 1.807) is 36.4 Å². The van der Waals surface area contributed by atoms with E-state index in [2.05, 4.69) is 0 Å². The highest BCUT2D eigenvalue weighted by Crippen LogP contribution is 2.31. The van der Waals surface area contributed by atoms with Crippen molar-refractivity contribution in [1.29, 1.82) is 0 Å². The van der Waals surface area contributed by atoms with Crippen LogP contribution in [0.25, 0.3) is 0 Å². The van der Waals surface area contributed by atoms with E-state index < -0.39 is 117 Å². The Balaban J connectivity index is 1.34. The van der Waals surface area contributed by atoms with Gasteiger partial charge in [0.15, 0.2) is 31.1 Å². The fourth-order valence-electron chi connectivity index (χ4n) is 6.36. The van der Waals surface area contributed by atoms with E-state index >= 15 is 0 Å². The number of methoxy groups -OCH3 is 3. The SMILES string of the molecule is CO[C@@H]1[C@@H](OC)[C@@H](O)O[C@H](CO[C@H]2O[C@H](CO[C@H]3O[C@H](CO)[C@@H](O)[C@H](O)[C@@H]3OC(=O)c3ccccc3)[C@@H](O)[C@H](O)[C@@H]2OC(=O)c2ccccc2)[C@H]1OC. The largest absolute Gasteiger partial charge is 0.450 e. The highest BCUT2D eigenvalue weighted by molar-refractivity contribution is 5.90. The van der Waals surface area contributed by atoms with Crippen LogP contribution in [0.15, 0.2) is 60.7 Å². The highest BCUT2D eigenvalue weighted by atomic mass is 16.8. The Bertz CT molecular complexity index is 1430. The van der Waals surface area contributed by atoms with Gasteiger partial charge in [0, 0.05) is 21.3 Å². The van der Waals surface area contributed by atoms with E-state index in [1.807, 2.05) is 0 Å². The third-order valence-corrected chi connectivity index (χ3v) is 9.25. The maximum Gasteiger partial charge on any atom is 0.338 e. The van der Waals surface area contributed by atoms with E-state index in [1.165, 1.54) is 45.6 Å². The predicted molar refractivity (Wildman–Crippen MR) is 175 cm³/mol. The maximum atomic E-state index is 13.1. The molecule has 0 aromatic heterocycles. The van der Waals surface area contributed by atoms with Crippen LogP contribution in [0.5, 0.6) is 0 Å². The summed E-state index contributed by atoms with van der Waals surface area (Å²) in [4.78, 5) is 26.0. The number of rotatable bonds is 14. The van der Waals surface area contributed by atoms with Gasteiger partial charge < -0.3 is 78.0 Å². The Hall–Kier alpha value is -3.18. The summed E-state index contributed by atoms with van der Waals surface area (Å²) in [5.41, 5.74) is 0.261. The van der Waals surface area contributed by atoms with Gasteiger partial charge in [0.2, 0.25) is 0 Å². The monoisotopic (exact) mass is 754 g/mol. The molecule has 0 radical (unpaired) electrons. The van der Waals surface area contributed by atoms with E-state index in [4.69, 9.17) is 47.4 Å². The summed E-state index contributed by atoms with van der Waals surface area (Å²) < 4.78 is 56.6. The topological polar surface area (TPSA) is 248 Å². The Kier molecular flexibility index (Phi) is 14.6. The fraction of sp³-hybridized carbons (Fsp3) is 0.600. The van der Waals surface area contributed by atoms with Gasteiger partial charge >= 0.3 is 11.9 Å². The molecule has 3 heterocycles. The van der Waals surface area contributed by atoms with Crippen molar-refractivity contribution in [3.63, 3.8) is 0 Å². The molecular weight excluding hydrogens is 708 g/mol. The summed E-state index contributed by atoms with van der Waals surface area (Å²) in [7, 11) is 4.15. The highest BCUT2D eigenvalue weighted by Gasteiger charge is 2.52. The van der Waals surface area contributed by atoms with E-state index in [9.17, 15) is 40.2 Å². The minimum absolute atomic E-state index is 0.127. The first-order valence-electron chi connectivity index (χ1n) is 16.8. The normalized spacial score (nSPS) is 37.5. The molecule has 0 unspecified atom stereocenters. The van der Waals surface area contributed by atoms with Gasteiger partial charge in [-0.25, -0.2) is 9.59 Å². The molecular formula is C35H46O18. The zero-order valence-corrected chi connectivity index (χ0v) is 29.1. The third-order valence-electron chi connectivity index (χ3n) is 9.25. The van der Waals surface area contributed by atoms with Gasteiger partial charge in [-0.15, -0.1) is 0 Å². The number of esters is 2. The molecule has 6 N–H and O–H groups in total. The van der Waals surface area contributed by atoms with Crippen molar-refractivity contribution < 1.29 is 87.6 Å². The molecule has 18 heteroatoms. The molecule has 18 nitrogen and oxygen atoms in total. The van der Waals surface area contributed by atoms with Crippen molar-refractivity contribution in [2.45, 2.75) is 92.1 Å². The molecule has 0 bridgehead atoms. The van der Waals surface area contributed by atoms with E-state index in [0.29, 0.717) is 0 Å². The first kappa shape index (κ1) is 41.0. The standard InChI is InChI=1S/C35H46O18/c1-44-26-21(49-33(43)30(46-3)29(26)45-2)16-48-35-28(53-32(42)18-12-8-5-9-13-18)25(40)23(38)20(51-35)15-47-34-27(24(39)22(37)19(14-36)50-34)52-31(41)17-10-6-4-7-11-17/h4-13,19-30,33-40,43H,14-16H2,1-3H3/t19-,20-,21-,22-,23-,24+,25+,26-,27+,28+,29+,30-,33+,34+,35+/m1/s1. The van der Waals surface area contributed by atoms with Crippen molar-refractivity contribution in [2.24, 2.45) is 0 Å². The lowest BCUT2D eigenvalue weighted by molar-refractivity contribution is -0.341. The molecule has 294 valence electrons. The number of carbonyl (C=O) groups excluding carboxylic acids is 2. The number of aliphatic hydroxyl groups is 6. The zero-order valence-electron chi connectivity index (χ0n) is 29.1. The molecule has 2 aromatic rings. The van der Waals surface area contributed by atoms with Crippen molar-refractivity contribution in [3.05, 3.63) is 71.8 Å². The van der Waals surface area contributed by atoms with Gasteiger partial charge in [-0.2, -0.15) is 0 Å². The maximum absolute atomic E-state index is 13.1. The average Bonchev–Trinajstić information content (AvgIpc) is 3.18. The second-order valence-corrected chi connectivity index (χ2v) is 12.5. The molecule has 3 aliphatic heterocycles. The van der Waals surface area contributed by atoms with Crippen LogP contribution >= 0.6 is 0 Å². The first-order valence-corrected chi connectivity index (χ1v) is 16.8. The van der Waals surface area contributed by atoms with Crippen LogP contribution in [-0.4, -0.2) is 176 Å². The molecule has 0 saturated carbocycles. The molecule has 0 spiro atoms. The van der Waals surface area contributed by atoms with Crippen LogP contribution in [0.3, 0.4) is 0 Å². The quantitative estimate of drug-likeness (QED) is 0.116. The molecule has 2 aromatic carbocycles. The Morgan fingerprint density at radius 1 is 0.547 bits per heavy atom. The fourth-order valence-corrected chi connectivity index (χ4v) is 6.36. The van der Waals surface area contributed by atoms with Gasteiger partial charge in [-0.3, -0.25) is 0 Å². The number of hydrogen-bond acceptors (Lipinski definition) is 18. The number of hydrogen-bond donors (Lipinski definition) is 6. The molecule has 15 atom stereocenters. The minimum atomic E-state index is -1.83. The second kappa shape index (κ2) is 18.9. The van der Waals surface area contributed by atoms with Crippen molar-refractivity contribution >= 4 is 11.9 Å². The lowest BCUT2D eigenvalue weighted by atomic mass is 9.97. The molecule has 5 rings (SSSR count). The number of ether oxygens (including phenoxy) is 10. The number of aliphatic hydroxyl groups excluding tert-OH is 6. The molecule has 0 aliphatic carbocycles. The minimum Gasteiger partial charge on any atom is -0.450 e. The van der Waals surface area contributed by atoms with Gasteiger partial charge in [0.25, 0.3) is 0 Å². The third kappa shape index (κ3) is 9.38. The molecule has 0 amide bonds. The van der Waals surface area contributed by atoms with Gasteiger partial charge in [-0.1, -0.05) is 36.4 Å². The summed E-state index contributed by atoms with van der Waals surface area (Å²) in [6, 6.07) is 15.7. The van der Waals surface area contributed by atoms with Gasteiger partial charge in [0.05, 0.1) is 30.9 Å². The average molecular weight is 755 g/mol. The van der Waals surface area contributed by atoms with Crippen LogP contribution in [0.4, 0.5) is 0 Å². The Labute approximate surface area is 304 Å². The number of benzene rings is 2. The van der Waals surface area contributed by atoms with Crippen LogP contribution in [0.2, 0.25) is 0 Å². The van der Waals surface area contributed by atoms with E-state index in [0.717, 1.165) is 0 Å². The summed E-state index contributed by atoms with van der Waals surface area (Å²) in [5, 5.41) is 64.2. The van der Waals surface area contributed by atoms with Crippen LogP contribution < -0.4 is 0 Å². The van der Waals surface area contributed by atoms with Gasteiger partial charge in [-0.05, 0) is 24.3 Å². The summed E-state index contributed by atoms with van der Waals surface area (Å²) in [6.07, 6.45) is -21.3. The molecule has 3 saturated heterocycles. The second-order valence-electron chi connectivity index (χ2n) is 12.5. The molecule has 3 fully saturated rings. The van der Waals surface area contributed by atoms with Crippen molar-refractivity contribution in [1.82, 2.24) is 0 Å². The van der Waals surface area contributed by atoms with Crippen LogP contribution in [-0.2, 0) is 47.4 Å². The summed E-state index contributed by atoms with van der Waals surface area (Å²) in [6.45, 7) is -1.72. The van der Waals surface area contributed by atoms with Gasteiger partial charge in [0.1, 0.15) is 61.0 Å². The summed E-state index contributed by atoms with van der Waals surface area (Å²) >= 11 is 0. The lowest BCUT2D eigenvalue weighted by Crippen LogP contribution is -2.63. The smallest absolute Gasteiger partial charge is 0.338 e. The van der Waals surface area contributed by atoms with Crippen LogP contribution in [0, 0.1) is 0 Å². The van der Waals surface area contributed by atoms with Crippen LogP contribution in [0.1, 0.15) is 20.7 Å². The Morgan fingerprint density at radius 3 is 1.43 bits per heavy atom. The molecule has 3 aliphatic rings. The van der Waals surface area contributed by atoms with E-state index in [-0.39, 0.29) is 17.7 Å². The van der Waals surface area contributed by atoms with Crippen molar-refractivity contribution in [3.8, 4) is 0 Å². The number of carbonyl (C=O) groups is 2. The lowest BCUT2D eigenvalue weighted by Gasteiger charge is -2.45. The predicted octanol–water partition coefficient (Wildman–Crippen LogP) is -1.88. The summed E-state index contributed by atoms with van der Waals surface area (Å²) in [5.74, 6) is -1.74. The first-order chi connectivity index (χ1) is 25.5. The zero-order chi connectivity index (χ0) is 38.2. The Morgan fingerprint density at radius 2 is 0.981 bits per heavy atom.